The van der Waals surface area contributed by atoms with Crippen LogP contribution >= 0.6 is 15.9 Å². The molecule has 1 heterocycles. The van der Waals surface area contributed by atoms with Crippen molar-refractivity contribution in [2.45, 2.75) is 23.8 Å². The molecule has 0 aromatic heterocycles. The average molecular weight is 370 g/mol. The molecule has 0 aliphatic carbocycles. The van der Waals surface area contributed by atoms with Crippen LogP contribution in [-0.4, -0.2) is 52.4 Å². The number of nitrogens with zero attached hydrogens (tertiary/aromatic N) is 1. The summed E-state index contributed by atoms with van der Waals surface area (Å²) in [5.41, 5.74) is 0.810. The second-order valence-corrected chi connectivity index (χ2v) is 6.16. The van der Waals surface area contributed by atoms with Gasteiger partial charge >= 0.3 is 5.97 Å². The number of rotatable bonds is 7. The summed E-state index contributed by atoms with van der Waals surface area (Å²) < 4.78 is 5.26. The minimum absolute atomic E-state index is 0.0966. The summed E-state index contributed by atoms with van der Waals surface area (Å²) in [6.45, 7) is 0.187. The maximum absolute atomic E-state index is 12.2. The molecule has 1 aromatic carbocycles. The van der Waals surface area contributed by atoms with Crippen LogP contribution in [0.3, 0.4) is 0 Å². The zero-order valence-corrected chi connectivity index (χ0v) is 13.6. The highest BCUT2D eigenvalue weighted by atomic mass is 79.9. The number of carbonyl (C=O) groups is 3. The molecule has 1 aliphatic heterocycles. The quantitative estimate of drug-likeness (QED) is 0.586. The highest BCUT2D eigenvalue weighted by Crippen LogP contribution is 2.24. The van der Waals surface area contributed by atoms with E-state index in [2.05, 4.69) is 15.9 Å². The number of amides is 2. The number of carboxylic acid groups (broad SMARTS) is 1. The summed E-state index contributed by atoms with van der Waals surface area (Å²) in [4.78, 5) is 36.0. The number of alkyl halides is 1. The van der Waals surface area contributed by atoms with Gasteiger partial charge in [0.15, 0.2) is 0 Å². The smallest absolute Gasteiger partial charge is 0.304 e. The number of benzene rings is 1. The third-order valence-electron chi connectivity index (χ3n) is 3.59. The standard InChI is InChI=1S/C15H16BrNO5/c1-22-12(11(16)8-13(18)19)6-7-17-14(20)9-4-2-3-5-10(9)15(17)21/h2-5,11-12H,6-8H2,1H3,(H,18,19)/t11-,12-/m0/s1. The molecule has 2 amide bonds. The number of imide groups is 1. The summed E-state index contributed by atoms with van der Waals surface area (Å²) in [7, 11) is 1.48. The first-order valence-electron chi connectivity index (χ1n) is 6.79. The van der Waals surface area contributed by atoms with E-state index in [1.165, 1.54) is 12.0 Å². The van der Waals surface area contributed by atoms with Gasteiger partial charge in [-0.2, -0.15) is 0 Å². The fourth-order valence-electron chi connectivity index (χ4n) is 2.44. The number of carboxylic acids is 1. The van der Waals surface area contributed by atoms with Gasteiger partial charge < -0.3 is 9.84 Å². The molecule has 0 radical (unpaired) electrons. The summed E-state index contributed by atoms with van der Waals surface area (Å²) >= 11 is 3.28. The molecule has 118 valence electrons. The van der Waals surface area contributed by atoms with Crippen molar-refractivity contribution in [3.8, 4) is 0 Å². The average Bonchev–Trinajstić information content (AvgIpc) is 2.72. The fraction of sp³-hybridized carbons (Fsp3) is 0.400. The molecule has 0 unspecified atom stereocenters. The molecule has 1 N–H and O–H groups in total. The Kier molecular flexibility index (Phi) is 5.31. The van der Waals surface area contributed by atoms with E-state index >= 15 is 0 Å². The topological polar surface area (TPSA) is 83.9 Å². The molecule has 22 heavy (non-hydrogen) atoms. The van der Waals surface area contributed by atoms with Crippen molar-refractivity contribution in [2.75, 3.05) is 13.7 Å². The Morgan fingerprint density at radius 2 is 1.82 bits per heavy atom. The molecule has 7 heteroatoms. The SMILES string of the molecule is CO[C@@H](CCN1C(=O)c2ccccc2C1=O)[C@@H](Br)CC(=O)O. The Labute approximate surface area is 136 Å². The first kappa shape index (κ1) is 16.6. The van der Waals surface area contributed by atoms with Gasteiger partial charge in [-0.3, -0.25) is 19.3 Å². The van der Waals surface area contributed by atoms with E-state index in [0.29, 0.717) is 17.5 Å². The van der Waals surface area contributed by atoms with Crippen LogP contribution in [-0.2, 0) is 9.53 Å². The molecular formula is C15H16BrNO5. The molecule has 0 saturated carbocycles. The maximum Gasteiger partial charge on any atom is 0.304 e. The zero-order chi connectivity index (χ0) is 16.3. The first-order valence-corrected chi connectivity index (χ1v) is 7.71. The third-order valence-corrected chi connectivity index (χ3v) is 4.50. The van der Waals surface area contributed by atoms with Crippen LogP contribution in [0.2, 0.25) is 0 Å². The van der Waals surface area contributed by atoms with Gasteiger partial charge in [-0.1, -0.05) is 28.1 Å². The van der Waals surface area contributed by atoms with Gasteiger partial charge in [-0.05, 0) is 18.6 Å². The molecule has 1 aromatic rings. The van der Waals surface area contributed by atoms with Gasteiger partial charge in [0.05, 0.1) is 28.5 Å². The highest BCUT2D eigenvalue weighted by Gasteiger charge is 2.35. The Bertz CT molecular complexity index is 568. The van der Waals surface area contributed by atoms with Crippen molar-refractivity contribution in [3.05, 3.63) is 35.4 Å². The van der Waals surface area contributed by atoms with E-state index in [1.54, 1.807) is 24.3 Å². The molecule has 0 saturated heterocycles. The monoisotopic (exact) mass is 369 g/mol. The summed E-state index contributed by atoms with van der Waals surface area (Å²) in [6, 6.07) is 6.68. The Morgan fingerprint density at radius 1 is 1.27 bits per heavy atom. The number of hydrogen-bond donors (Lipinski definition) is 1. The number of halogens is 1. The number of fused-ring (bicyclic) bond motifs is 1. The fourth-order valence-corrected chi connectivity index (χ4v) is 3.20. The first-order chi connectivity index (χ1) is 10.5. The summed E-state index contributed by atoms with van der Waals surface area (Å²) in [5.74, 6) is -1.58. The third kappa shape index (κ3) is 3.36. The maximum atomic E-state index is 12.2. The van der Waals surface area contributed by atoms with Crippen LogP contribution in [0.25, 0.3) is 0 Å². The van der Waals surface area contributed by atoms with Gasteiger partial charge in [-0.15, -0.1) is 0 Å². The van der Waals surface area contributed by atoms with Crippen molar-refractivity contribution in [3.63, 3.8) is 0 Å². The van der Waals surface area contributed by atoms with Crippen molar-refractivity contribution >= 4 is 33.7 Å². The highest BCUT2D eigenvalue weighted by molar-refractivity contribution is 9.09. The van der Waals surface area contributed by atoms with Crippen LogP contribution in [0.15, 0.2) is 24.3 Å². The number of hydrogen-bond acceptors (Lipinski definition) is 4. The molecular weight excluding hydrogens is 354 g/mol. The van der Waals surface area contributed by atoms with Crippen LogP contribution in [0.5, 0.6) is 0 Å². The summed E-state index contributed by atoms with van der Waals surface area (Å²) in [5, 5.41) is 8.81. The molecule has 2 atom stereocenters. The number of ether oxygens (including phenoxy) is 1. The lowest BCUT2D eigenvalue weighted by atomic mass is 10.1. The summed E-state index contributed by atoms with van der Waals surface area (Å²) in [6.07, 6.45) is -0.133. The van der Waals surface area contributed by atoms with E-state index in [-0.39, 0.29) is 29.6 Å². The van der Waals surface area contributed by atoms with Crippen LogP contribution in [0.1, 0.15) is 33.6 Å². The minimum Gasteiger partial charge on any atom is -0.481 e. The van der Waals surface area contributed by atoms with Gasteiger partial charge in [0, 0.05) is 13.7 Å². The van der Waals surface area contributed by atoms with Gasteiger partial charge in [0.25, 0.3) is 11.8 Å². The lowest BCUT2D eigenvalue weighted by Gasteiger charge is -2.22. The molecule has 0 spiro atoms. The van der Waals surface area contributed by atoms with E-state index in [0.717, 1.165) is 0 Å². The van der Waals surface area contributed by atoms with E-state index < -0.39 is 12.1 Å². The zero-order valence-electron chi connectivity index (χ0n) is 12.0. The van der Waals surface area contributed by atoms with Gasteiger partial charge in [0.1, 0.15) is 0 Å². The lowest BCUT2D eigenvalue weighted by molar-refractivity contribution is -0.137. The predicted molar refractivity (Wildman–Crippen MR) is 82.2 cm³/mol. The molecule has 0 fully saturated rings. The van der Waals surface area contributed by atoms with Crippen molar-refractivity contribution in [1.82, 2.24) is 4.90 Å². The Morgan fingerprint density at radius 3 is 2.27 bits per heavy atom. The largest absolute Gasteiger partial charge is 0.481 e. The lowest BCUT2D eigenvalue weighted by Crippen LogP contribution is -2.35. The Hall–Kier alpha value is -1.73. The van der Waals surface area contributed by atoms with Crippen molar-refractivity contribution in [1.29, 1.82) is 0 Å². The Balaban J connectivity index is 2.01. The van der Waals surface area contributed by atoms with Crippen molar-refractivity contribution in [2.24, 2.45) is 0 Å². The van der Waals surface area contributed by atoms with Crippen LogP contribution in [0, 0.1) is 0 Å². The van der Waals surface area contributed by atoms with Crippen LogP contribution in [0.4, 0.5) is 0 Å². The van der Waals surface area contributed by atoms with Crippen LogP contribution < -0.4 is 0 Å². The number of methoxy groups -OCH3 is 1. The van der Waals surface area contributed by atoms with Gasteiger partial charge in [-0.25, -0.2) is 0 Å². The molecule has 2 rings (SSSR count). The second kappa shape index (κ2) is 7.02. The van der Waals surface area contributed by atoms with E-state index in [4.69, 9.17) is 9.84 Å². The van der Waals surface area contributed by atoms with E-state index in [1.807, 2.05) is 0 Å². The predicted octanol–water partition coefficient (Wildman–Crippen LogP) is 1.93. The number of carbonyl (C=O) groups excluding carboxylic acids is 2. The molecule has 0 bridgehead atoms. The van der Waals surface area contributed by atoms with E-state index in [9.17, 15) is 14.4 Å². The van der Waals surface area contributed by atoms with Gasteiger partial charge in [0.2, 0.25) is 0 Å². The molecule has 1 aliphatic rings. The normalized spacial score (nSPS) is 16.5. The van der Waals surface area contributed by atoms with Crippen molar-refractivity contribution < 1.29 is 24.2 Å². The number of aliphatic carboxylic acids is 1. The second-order valence-electron chi connectivity index (χ2n) is 4.98. The molecule has 6 nitrogen and oxygen atoms in total. The minimum atomic E-state index is -0.940.